The van der Waals surface area contributed by atoms with Crippen molar-refractivity contribution in [2.45, 2.75) is 63.7 Å². The van der Waals surface area contributed by atoms with Crippen molar-refractivity contribution in [1.82, 2.24) is 5.32 Å². The van der Waals surface area contributed by atoms with Crippen LogP contribution in [0.4, 0.5) is 0 Å². The fraction of sp³-hybridized carbons (Fsp3) is 1.00. The van der Waals surface area contributed by atoms with Crippen LogP contribution >= 0.6 is 11.8 Å². The highest BCUT2D eigenvalue weighted by Crippen LogP contribution is 2.28. The molecule has 0 bridgehead atoms. The van der Waals surface area contributed by atoms with E-state index < -0.39 is 0 Å². The maximum absolute atomic E-state index is 5.56. The summed E-state index contributed by atoms with van der Waals surface area (Å²) < 4.78 is 5.56. The lowest BCUT2D eigenvalue weighted by atomic mass is 10.0. The quantitative estimate of drug-likeness (QED) is 0.685. The predicted octanol–water partition coefficient (Wildman–Crippen LogP) is 3.46. The summed E-state index contributed by atoms with van der Waals surface area (Å²) in [5, 5.41) is 4.51. The van der Waals surface area contributed by atoms with Crippen molar-refractivity contribution in [3.8, 4) is 0 Å². The van der Waals surface area contributed by atoms with Crippen molar-refractivity contribution in [2.75, 3.05) is 25.5 Å². The van der Waals surface area contributed by atoms with Crippen molar-refractivity contribution in [3.63, 3.8) is 0 Å². The molecule has 3 heteroatoms. The minimum absolute atomic E-state index is 0.543. The summed E-state index contributed by atoms with van der Waals surface area (Å²) in [7, 11) is 0. The van der Waals surface area contributed by atoms with Gasteiger partial charge in [-0.2, -0.15) is 11.8 Å². The van der Waals surface area contributed by atoms with E-state index in [2.05, 4.69) is 30.9 Å². The molecule has 0 aromatic carbocycles. The van der Waals surface area contributed by atoms with Gasteiger partial charge >= 0.3 is 0 Å². The van der Waals surface area contributed by atoms with Gasteiger partial charge in [-0.15, -0.1) is 0 Å². The first-order chi connectivity index (χ1) is 8.36. The topological polar surface area (TPSA) is 21.3 Å². The third-order valence-electron chi connectivity index (χ3n) is 3.29. The first-order valence-electron chi connectivity index (χ1n) is 7.29. The molecule has 0 saturated heterocycles. The highest BCUT2D eigenvalue weighted by Gasteiger charge is 2.16. The number of hydrogen-bond acceptors (Lipinski definition) is 3. The zero-order chi connectivity index (χ0) is 12.3. The molecule has 0 aromatic heterocycles. The van der Waals surface area contributed by atoms with Crippen LogP contribution in [-0.2, 0) is 4.74 Å². The molecule has 102 valence electrons. The van der Waals surface area contributed by atoms with Crippen LogP contribution in [0.15, 0.2) is 0 Å². The molecule has 1 aliphatic carbocycles. The normalized spacial score (nSPS) is 19.4. The van der Waals surface area contributed by atoms with Crippen molar-refractivity contribution in [1.29, 1.82) is 0 Å². The van der Waals surface area contributed by atoms with Crippen LogP contribution in [0.25, 0.3) is 0 Å². The lowest BCUT2D eigenvalue weighted by Gasteiger charge is -2.24. The van der Waals surface area contributed by atoms with Crippen molar-refractivity contribution < 1.29 is 4.74 Å². The molecule has 2 nitrogen and oxygen atoms in total. The van der Waals surface area contributed by atoms with Gasteiger partial charge < -0.3 is 10.1 Å². The lowest BCUT2D eigenvalue weighted by Crippen LogP contribution is -2.37. The van der Waals surface area contributed by atoms with Gasteiger partial charge in [0.1, 0.15) is 0 Å². The zero-order valence-corrected chi connectivity index (χ0v) is 12.4. The highest BCUT2D eigenvalue weighted by atomic mass is 32.2. The second kappa shape index (κ2) is 10.2. The number of ether oxygens (including phenoxy) is 1. The Bertz CT molecular complexity index is 164. The minimum atomic E-state index is 0.543. The van der Waals surface area contributed by atoms with Crippen LogP contribution in [0.5, 0.6) is 0 Å². The van der Waals surface area contributed by atoms with E-state index in [1.54, 1.807) is 0 Å². The molecule has 0 amide bonds. The van der Waals surface area contributed by atoms with Gasteiger partial charge in [-0.3, -0.25) is 0 Å². The monoisotopic (exact) mass is 259 g/mol. The Kier molecular flexibility index (Phi) is 9.21. The van der Waals surface area contributed by atoms with Crippen molar-refractivity contribution in [2.24, 2.45) is 0 Å². The van der Waals surface area contributed by atoms with Crippen LogP contribution in [0.1, 0.15) is 52.4 Å². The molecule has 1 fully saturated rings. The third-order valence-corrected chi connectivity index (χ3v) is 4.83. The first-order valence-corrected chi connectivity index (χ1v) is 8.34. The molecule has 17 heavy (non-hydrogen) atoms. The van der Waals surface area contributed by atoms with Gasteiger partial charge in [-0.05, 0) is 32.7 Å². The molecule has 0 aromatic rings. The molecule has 0 aliphatic heterocycles. The van der Waals surface area contributed by atoms with E-state index in [4.69, 9.17) is 4.74 Å². The summed E-state index contributed by atoms with van der Waals surface area (Å²) in [6.45, 7) is 7.11. The zero-order valence-electron chi connectivity index (χ0n) is 11.5. The minimum Gasteiger partial charge on any atom is -0.380 e. The van der Waals surface area contributed by atoms with Gasteiger partial charge in [-0.25, -0.2) is 0 Å². The van der Waals surface area contributed by atoms with Crippen molar-refractivity contribution in [3.05, 3.63) is 0 Å². The molecule has 1 atom stereocenters. The molecule has 1 saturated carbocycles. The fourth-order valence-corrected chi connectivity index (χ4v) is 3.64. The second-order valence-electron chi connectivity index (χ2n) is 4.90. The summed E-state index contributed by atoms with van der Waals surface area (Å²) >= 11 is 2.16. The van der Waals surface area contributed by atoms with E-state index in [9.17, 15) is 0 Å². The van der Waals surface area contributed by atoms with Crippen LogP contribution in [0.2, 0.25) is 0 Å². The Hall–Kier alpha value is 0.270. The number of thioether (sulfide) groups is 1. The van der Waals surface area contributed by atoms with E-state index in [1.165, 1.54) is 44.3 Å². The standard InChI is InChI=1S/C14H29NOS/c1-3-10-15-13(11-16-4-2)12-17-14-8-6-5-7-9-14/h13-15H,3-12H2,1-2H3. The molecule has 0 heterocycles. The largest absolute Gasteiger partial charge is 0.380 e. The van der Waals surface area contributed by atoms with Gasteiger partial charge in [0, 0.05) is 23.7 Å². The van der Waals surface area contributed by atoms with Crippen LogP contribution in [0, 0.1) is 0 Å². The average molecular weight is 259 g/mol. The number of hydrogen-bond donors (Lipinski definition) is 1. The summed E-state index contributed by atoms with van der Waals surface area (Å²) in [5.41, 5.74) is 0. The maximum atomic E-state index is 5.56. The highest BCUT2D eigenvalue weighted by molar-refractivity contribution is 7.99. The Morgan fingerprint density at radius 1 is 1.24 bits per heavy atom. The van der Waals surface area contributed by atoms with Gasteiger partial charge in [0.25, 0.3) is 0 Å². The molecule has 0 radical (unpaired) electrons. The second-order valence-corrected chi connectivity index (χ2v) is 6.24. The van der Waals surface area contributed by atoms with Gasteiger partial charge in [0.15, 0.2) is 0 Å². The van der Waals surface area contributed by atoms with Crippen LogP contribution in [-0.4, -0.2) is 36.8 Å². The first kappa shape index (κ1) is 15.3. The summed E-state index contributed by atoms with van der Waals surface area (Å²) in [5.74, 6) is 1.21. The van der Waals surface area contributed by atoms with E-state index in [1.807, 2.05) is 0 Å². The molecule has 0 spiro atoms. The Morgan fingerprint density at radius 2 is 2.00 bits per heavy atom. The Morgan fingerprint density at radius 3 is 2.65 bits per heavy atom. The van der Waals surface area contributed by atoms with E-state index >= 15 is 0 Å². The van der Waals surface area contributed by atoms with Crippen molar-refractivity contribution >= 4 is 11.8 Å². The maximum Gasteiger partial charge on any atom is 0.0627 e. The SMILES string of the molecule is CCCNC(COCC)CSC1CCCCC1. The summed E-state index contributed by atoms with van der Waals surface area (Å²) in [4.78, 5) is 0. The van der Waals surface area contributed by atoms with Gasteiger partial charge in [0.2, 0.25) is 0 Å². The Balaban J connectivity index is 2.16. The van der Waals surface area contributed by atoms with Crippen LogP contribution in [0.3, 0.4) is 0 Å². The molecule has 1 unspecified atom stereocenters. The summed E-state index contributed by atoms with van der Waals surface area (Å²) in [6.07, 6.45) is 8.40. The summed E-state index contributed by atoms with van der Waals surface area (Å²) in [6, 6.07) is 0.543. The van der Waals surface area contributed by atoms with E-state index in [-0.39, 0.29) is 0 Å². The smallest absolute Gasteiger partial charge is 0.0627 e. The van der Waals surface area contributed by atoms with E-state index in [0.29, 0.717) is 6.04 Å². The third kappa shape index (κ3) is 7.32. The molecule has 1 N–H and O–H groups in total. The van der Waals surface area contributed by atoms with E-state index in [0.717, 1.165) is 25.0 Å². The Labute approximate surface area is 111 Å². The van der Waals surface area contributed by atoms with Gasteiger partial charge in [-0.1, -0.05) is 26.2 Å². The number of rotatable bonds is 9. The predicted molar refractivity (Wildman–Crippen MR) is 77.9 cm³/mol. The van der Waals surface area contributed by atoms with Gasteiger partial charge in [0.05, 0.1) is 6.61 Å². The average Bonchev–Trinajstić information content (AvgIpc) is 2.39. The fourth-order valence-electron chi connectivity index (χ4n) is 2.26. The number of nitrogens with one attached hydrogen (secondary N) is 1. The lowest BCUT2D eigenvalue weighted by molar-refractivity contribution is 0.128. The molecule has 1 rings (SSSR count). The van der Waals surface area contributed by atoms with Crippen LogP contribution < -0.4 is 5.32 Å². The molecule has 1 aliphatic rings. The molecular weight excluding hydrogens is 230 g/mol. The molecular formula is C14H29NOS.